The Morgan fingerprint density at radius 3 is 2.75 bits per heavy atom. The standard InChI is InChI=1S/C10H16O2/c1-4-7-10(12-6-3)8-9(11)5-2/h4-5,7,10H,2,6,8H2,1,3H3/b7-4+. The average Bonchev–Trinajstić information content (AvgIpc) is 2.05. The first-order valence-corrected chi connectivity index (χ1v) is 4.14. The van der Waals surface area contributed by atoms with E-state index in [2.05, 4.69) is 6.58 Å². The molecule has 0 saturated carbocycles. The van der Waals surface area contributed by atoms with Crippen LogP contribution in [0.3, 0.4) is 0 Å². The Balaban J connectivity index is 3.93. The normalized spacial score (nSPS) is 13.2. The molecule has 2 nitrogen and oxygen atoms in total. The molecule has 0 heterocycles. The lowest BCUT2D eigenvalue weighted by Gasteiger charge is -2.09. The van der Waals surface area contributed by atoms with Gasteiger partial charge in [0, 0.05) is 13.0 Å². The molecule has 0 N–H and O–H groups in total. The van der Waals surface area contributed by atoms with Crippen molar-refractivity contribution in [2.45, 2.75) is 26.4 Å². The lowest BCUT2D eigenvalue weighted by Crippen LogP contribution is -2.13. The van der Waals surface area contributed by atoms with E-state index in [0.29, 0.717) is 13.0 Å². The van der Waals surface area contributed by atoms with Crippen molar-refractivity contribution in [2.75, 3.05) is 6.61 Å². The van der Waals surface area contributed by atoms with Crippen LogP contribution in [0.15, 0.2) is 24.8 Å². The second kappa shape index (κ2) is 6.80. The number of rotatable bonds is 6. The Morgan fingerprint density at radius 1 is 1.67 bits per heavy atom. The van der Waals surface area contributed by atoms with E-state index in [9.17, 15) is 4.79 Å². The number of carbonyl (C=O) groups excluding carboxylic acids is 1. The molecule has 0 saturated heterocycles. The van der Waals surface area contributed by atoms with Gasteiger partial charge in [-0.25, -0.2) is 0 Å². The molecule has 1 unspecified atom stereocenters. The molecule has 0 radical (unpaired) electrons. The third-order valence-electron chi connectivity index (χ3n) is 1.42. The van der Waals surface area contributed by atoms with Crippen LogP contribution in [0.4, 0.5) is 0 Å². The first-order valence-electron chi connectivity index (χ1n) is 4.14. The average molecular weight is 168 g/mol. The summed E-state index contributed by atoms with van der Waals surface area (Å²) < 4.78 is 5.30. The Bertz CT molecular complexity index is 171. The van der Waals surface area contributed by atoms with Crippen molar-refractivity contribution in [1.29, 1.82) is 0 Å². The summed E-state index contributed by atoms with van der Waals surface area (Å²) in [7, 11) is 0. The predicted octanol–water partition coefficient (Wildman–Crippen LogP) is 2.11. The van der Waals surface area contributed by atoms with Crippen LogP contribution in [0.2, 0.25) is 0 Å². The van der Waals surface area contributed by atoms with Gasteiger partial charge < -0.3 is 4.74 Å². The van der Waals surface area contributed by atoms with Gasteiger partial charge >= 0.3 is 0 Å². The van der Waals surface area contributed by atoms with E-state index in [0.717, 1.165) is 0 Å². The lowest BCUT2D eigenvalue weighted by molar-refractivity contribution is -0.116. The molecular weight excluding hydrogens is 152 g/mol. The molecule has 0 spiro atoms. The zero-order chi connectivity index (χ0) is 9.40. The second-order valence-electron chi connectivity index (χ2n) is 2.39. The van der Waals surface area contributed by atoms with E-state index in [1.54, 1.807) is 0 Å². The Kier molecular flexibility index (Phi) is 6.29. The van der Waals surface area contributed by atoms with Gasteiger partial charge in [0.25, 0.3) is 0 Å². The molecule has 0 rings (SSSR count). The van der Waals surface area contributed by atoms with Gasteiger partial charge in [0.2, 0.25) is 0 Å². The van der Waals surface area contributed by atoms with Gasteiger partial charge in [-0.15, -0.1) is 0 Å². The number of allylic oxidation sites excluding steroid dienone is 2. The maximum atomic E-state index is 10.9. The number of ether oxygens (including phenoxy) is 1. The van der Waals surface area contributed by atoms with Crippen molar-refractivity contribution in [1.82, 2.24) is 0 Å². The van der Waals surface area contributed by atoms with Crippen LogP contribution in [-0.2, 0) is 9.53 Å². The largest absolute Gasteiger partial charge is 0.374 e. The quantitative estimate of drug-likeness (QED) is 0.448. The topological polar surface area (TPSA) is 26.3 Å². The molecule has 0 bridgehead atoms. The zero-order valence-electron chi connectivity index (χ0n) is 7.75. The maximum Gasteiger partial charge on any atom is 0.158 e. The fourth-order valence-electron chi connectivity index (χ4n) is 0.893. The Morgan fingerprint density at radius 2 is 2.33 bits per heavy atom. The molecule has 0 fully saturated rings. The number of ketones is 1. The summed E-state index contributed by atoms with van der Waals surface area (Å²) in [6.07, 6.45) is 5.39. The highest BCUT2D eigenvalue weighted by molar-refractivity contribution is 5.89. The van der Waals surface area contributed by atoms with Gasteiger partial charge in [0.05, 0.1) is 6.10 Å². The van der Waals surface area contributed by atoms with E-state index in [-0.39, 0.29) is 11.9 Å². The van der Waals surface area contributed by atoms with E-state index >= 15 is 0 Å². The van der Waals surface area contributed by atoms with Crippen LogP contribution in [-0.4, -0.2) is 18.5 Å². The highest BCUT2D eigenvalue weighted by Crippen LogP contribution is 2.01. The van der Waals surface area contributed by atoms with Gasteiger partial charge in [-0.2, -0.15) is 0 Å². The van der Waals surface area contributed by atoms with Gasteiger partial charge in [0.1, 0.15) is 0 Å². The molecule has 0 aromatic carbocycles. The van der Waals surface area contributed by atoms with E-state index in [1.165, 1.54) is 6.08 Å². The summed E-state index contributed by atoms with van der Waals surface area (Å²) in [4.78, 5) is 10.9. The predicted molar refractivity (Wildman–Crippen MR) is 50.0 cm³/mol. The van der Waals surface area contributed by atoms with Crippen LogP contribution in [0, 0.1) is 0 Å². The van der Waals surface area contributed by atoms with Gasteiger partial charge in [-0.3, -0.25) is 4.79 Å². The SMILES string of the molecule is C=CC(=O)CC(/C=C/C)OCC. The summed E-state index contributed by atoms with van der Waals surface area (Å²) in [5.74, 6) is 0.0200. The van der Waals surface area contributed by atoms with Crippen LogP contribution in [0.1, 0.15) is 20.3 Å². The van der Waals surface area contributed by atoms with Crippen LogP contribution >= 0.6 is 0 Å². The van der Waals surface area contributed by atoms with Crippen molar-refractivity contribution in [3.8, 4) is 0 Å². The Labute approximate surface area is 73.9 Å². The smallest absolute Gasteiger partial charge is 0.158 e. The minimum Gasteiger partial charge on any atom is -0.374 e. The monoisotopic (exact) mass is 168 g/mol. The van der Waals surface area contributed by atoms with Gasteiger partial charge in [0.15, 0.2) is 5.78 Å². The minimum absolute atomic E-state index is 0.0200. The molecule has 0 aromatic rings. The van der Waals surface area contributed by atoms with Crippen molar-refractivity contribution < 1.29 is 9.53 Å². The second-order valence-corrected chi connectivity index (χ2v) is 2.39. The van der Waals surface area contributed by atoms with E-state index < -0.39 is 0 Å². The minimum atomic E-state index is -0.0921. The lowest BCUT2D eigenvalue weighted by atomic mass is 10.1. The molecule has 12 heavy (non-hydrogen) atoms. The molecule has 0 aliphatic heterocycles. The van der Waals surface area contributed by atoms with Crippen LogP contribution in [0.25, 0.3) is 0 Å². The van der Waals surface area contributed by atoms with Crippen molar-refractivity contribution >= 4 is 5.78 Å². The first kappa shape index (κ1) is 11.1. The van der Waals surface area contributed by atoms with Crippen molar-refractivity contribution in [3.63, 3.8) is 0 Å². The maximum absolute atomic E-state index is 10.9. The highest BCUT2D eigenvalue weighted by atomic mass is 16.5. The Hall–Kier alpha value is -0.890. The number of hydrogen-bond donors (Lipinski definition) is 0. The number of carbonyl (C=O) groups is 1. The number of hydrogen-bond acceptors (Lipinski definition) is 2. The summed E-state index contributed by atoms with van der Waals surface area (Å²) in [6, 6.07) is 0. The van der Waals surface area contributed by atoms with Crippen molar-refractivity contribution in [3.05, 3.63) is 24.8 Å². The molecule has 0 aliphatic rings. The molecule has 0 aromatic heterocycles. The van der Waals surface area contributed by atoms with E-state index in [4.69, 9.17) is 4.74 Å². The van der Waals surface area contributed by atoms with Crippen LogP contribution < -0.4 is 0 Å². The molecular formula is C10H16O2. The molecule has 0 amide bonds. The van der Waals surface area contributed by atoms with Gasteiger partial charge in [-0.05, 0) is 19.9 Å². The van der Waals surface area contributed by atoms with Crippen LogP contribution in [0.5, 0.6) is 0 Å². The zero-order valence-corrected chi connectivity index (χ0v) is 7.75. The summed E-state index contributed by atoms with van der Waals surface area (Å²) >= 11 is 0. The summed E-state index contributed by atoms with van der Waals surface area (Å²) in [5.41, 5.74) is 0. The molecule has 0 aliphatic carbocycles. The fraction of sp³-hybridized carbons (Fsp3) is 0.500. The fourth-order valence-corrected chi connectivity index (χ4v) is 0.893. The third kappa shape index (κ3) is 4.85. The molecule has 1 atom stereocenters. The highest BCUT2D eigenvalue weighted by Gasteiger charge is 2.07. The summed E-state index contributed by atoms with van der Waals surface area (Å²) in [6.45, 7) is 7.85. The first-order chi connectivity index (χ1) is 5.74. The summed E-state index contributed by atoms with van der Waals surface area (Å²) in [5, 5.41) is 0. The van der Waals surface area contributed by atoms with Crippen molar-refractivity contribution in [2.24, 2.45) is 0 Å². The molecule has 68 valence electrons. The van der Waals surface area contributed by atoms with E-state index in [1.807, 2.05) is 26.0 Å². The van der Waals surface area contributed by atoms with Gasteiger partial charge in [-0.1, -0.05) is 18.7 Å². The molecule has 2 heteroatoms. The third-order valence-corrected chi connectivity index (χ3v) is 1.42.